The summed E-state index contributed by atoms with van der Waals surface area (Å²) in [6, 6.07) is 0. The second kappa shape index (κ2) is 3.68. The number of thiazole rings is 1. The smallest absolute Gasteiger partial charge is 0.245 e. The lowest BCUT2D eigenvalue weighted by Gasteiger charge is -1.85. The number of H-pyrrole nitrogens is 2. The molecule has 0 fully saturated rings. The largest absolute Gasteiger partial charge is 0.494 e. The van der Waals surface area contributed by atoms with E-state index in [4.69, 9.17) is 12.2 Å². The first-order chi connectivity index (χ1) is 6.75. The standard InChI is InChI=1S/C6H5N5OS2/c12-4-3(14-6(13)10-4)1-7-5-8-2-9-11-5/h1-2,12H,(H,10,13)(H,8,9,11)/b7-1+. The topological polar surface area (TPSA) is 89.9 Å². The van der Waals surface area contributed by atoms with Crippen LogP contribution in [0.15, 0.2) is 11.3 Å². The minimum Gasteiger partial charge on any atom is -0.494 e. The Hall–Kier alpha value is -1.54. The zero-order valence-corrected chi connectivity index (χ0v) is 8.39. The Kier molecular flexibility index (Phi) is 2.37. The van der Waals surface area contributed by atoms with E-state index in [9.17, 15) is 5.11 Å². The van der Waals surface area contributed by atoms with Crippen LogP contribution in [0.1, 0.15) is 4.88 Å². The summed E-state index contributed by atoms with van der Waals surface area (Å²) in [6.45, 7) is 0. The number of aromatic nitrogens is 4. The number of aromatic amines is 2. The molecule has 2 aromatic heterocycles. The van der Waals surface area contributed by atoms with Gasteiger partial charge in [0.2, 0.25) is 11.8 Å². The van der Waals surface area contributed by atoms with Crippen molar-refractivity contribution in [3.63, 3.8) is 0 Å². The number of hydrogen-bond donors (Lipinski definition) is 3. The highest BCUT2D eigenvalue weighted by atomic mass is 32.1. The molecule has 8 heteroatoms. The van der Waals surface area contributed by atoms with Crippen molar-refractivity contribution in [3.8, 4) is 5.88 Å². The SMILES string of the molecule is Oc1[nH]c(=S)sc1/C=N/c1ncn[nH]1. The van der Waals surface area contributed by atoms with E-state index in [-0.39, 0.29) is 5.88 Å². The molecule has 0 aromatic carbocycles. The highest BCUT2D eigenvalue weighted by Gasteiger charge is 2.01. The fourth-order valence-electron chi connectivity index (χ4n) is 0.800. The summed E-state index contributed by atoms with van der Waals surface area (Å²) in [5.41, 5.74) is 0. The maximum Gasteiger partial charge on any atom is 0.245 e. The third kappa shape index (κ3) is 1.86. The number of hydrogen-bond acceptors (Lipinski definition) is 6. The molecule has 0 atom stereocenters. The molecular weight excluding hydrogens is 222 g/mol. The lowest BCUT2D eigenvalue weighted by Crippen LogP contribution is -1.75. The maximum absolute atomic E-state index is 9.31. The van der Waals surface area contributed by atoms with Gasteiger partial charge in [-0.3, -0.25) is 0 Å². The van der Waals surface area contributed by atoms with E-state index < -0.39 is 0 Å². The van der Waals surface area contributed by atoms with E-state index in [1.54, 1.807) is 0 Å². The van der Waals surface area contributed by atoms with Crippen molar-refractivity contribution in [2.24, 2.45) is 4.99 Å². The number of aliphatic imine (C=N–C) groups is 1. The normalized spacial score (nSPS) is 11.1. The predicted molar refractivity (Wildman–Crippen MR) is 54.8 cm³/mol. The molecule has 0 amide bonds. The van der Waals surface area contributed by atoms with Crippen LogP contribution in [0, 0.1) is 3.95 Å². The Morgan fingerprint density at radius 1 is 1.64 bits per heavy atom. The molecule has 0 saturated heterocycles. The quantitative estimate of drug-likeness (QED) is 0.534. The molecule has 14 heavy (non-hydrogen) atoms. The van der Waals surface area contributed by atoms with Gasteiger partial charge in [0.1, 0.15) is 11.2 Å². The van der Waals surface area contributed by atoms with Gasteiger partial charge in [-0.1, -0.05) is 11.3 Å². The van der Waals surface area contributed by atoms with Crippen LogP contribution in [-0.2, 0) is 0 Å². The first-order valence-corrected chi connectivity index (χ1v) is 4.79. The monoisotopic (exact) mass is 227 g/mol. The predicted octanol–water partition coefficient (Wildman–Crippen LogP) is 1.38. The van der Waals surface area contributed by atoms with E-state index in [2.05, 4.69) is 25.2 Å². The van der Waals surface area contributed by atoms with Gasteiger partial charge in [0.25, 0.3) is 0 Å². The van der Waals surface area contributed by atoms with Crippen LogP contribution in [-0.4, -0.2) is 31.5 Å². The molecule has 0 bridgehead atoms. The van der Waals surface area contributed by atoms with Crippen LogP contribution >= 0.6 is 23.6 Å². The average molecular weight is 227 g/mol. The summed E-state index contributed by atoms with van der Waals surface area (Å²) in [5.74, 6) is 0.395. The average Bonchev–Trinajstić information content (AvgIpc) is 2.72. The number of nitrogens with one attached hydrogen (secondary N) is 2. The summed E-state index contributed by atoms with van der Waals surface area (Å²) in [6.07, 6.45) is 2.82. The molecule has 0 aliphatic carbocycles. The molecule has 2 heterocycles. The van der Waals surface area contributed by atoms with Gasteiger partial charge >= 0.3 is 0 Å². The molecule has 72 valence electrons. The van der Waals surface area contributed by atoms with E-state index in [0.717, 1.165) is 0 Å². The molecule has 2 aromatic rings. The van der Waals surface area contributed by atoms with Gasteiger partial charge in [-0.15, -0.1) is 0 Å². The Morgan fingerprint density at radius 2 is 2.50 bits per heavy atom. The van der Waals surface area contributed by atoms with Crippen molar-refractivity contribution in [2.75, 3.05) is 0 Å². The highest BCUT2D eigenvalue weighted by Crippen LogP contribution is 2.19. The molecule has 0 unspecified atom stereocenters. The molecule has 0 spiro atoms. The molecule has 0 aliphatic rings. The first-order valence-electron chi connectivity index (χ1n) is 3.57. The van der Waals surface area contributed by atoms with E-state index in [1.165, 1.54) is 23.9 Å². The lowest BCUT2D eigenvalue weighted by atomic mass is 10.6. The second-order valence-electron chi connectivity index (χ2n) is 2.29. The van der Waals surface area contributed by atoms with Gasteiger partial charge in [-0.05, 0) is 12.2 Å². The van der Waals surface area contributed by atoms with E-state index in [0.29, 0.717) is 14.8 Å². The van der Waals surface area contributed by atoms with E-state index in [1.807, 2.05) is 0 Å². The molecule has 0 aliphatic heterocycles. The van der Waals surface area contributed by atoms with E-state index >= 15 is 0 Å². The van der Waals surface area contributed by atoms with Crippen LogP contribution < -0.4 is 0 Å². The summed E-state index contributed by atoms with van der Waals surface area (Å²) < 4.78 is 0.501. The van der Waals surface area contributed by atoms with Gasteiger partial charge in [-0.25, -0.2) is 10.1 Å². The van der Waals surface area contributed by atoms with Crippen molar-refractivity contribution in [1.29, 1.82) is 0 Å². The summed E-state index contributed by atoms with van der Waals surface area (Å²) in [7, 11) is 0. The molecule has 6 nitrogen and oxygen atoms in total. The highest BCUT2D eigenvalue weighted by molar-refractivity contribution is 7.73. The summed E-state index contributed by atoms with van der Waals surface area (Å²) in [4.78, 5) is 10.9. The van der Waals surface area contributed by atoms with Crippen LogP contribution in [0.3, 0.4) is 0 Å². The van der Waals surface area contributed by atoms with Crippen molar-refractivity contribution in [3.05, 3.63) is 15.2 Å². The molecule has 2 rings (SSSR count). The fourth-order valence-corrected chi connectivity index (χ4v) is 1.77. The van der Waals surface area contributed by atoms with Gasteiger partial charge in [0.05, 0.1) is 6.21 Å². The van der Waals surface area contributed by atoms with Gasteiger partial charge < -0.3 is 10.1 Å². The number of rotatable bonds is 2. The second-order valence-corrected chi connectivity index (χ2v) is 4.01. The molecule has 0 saturated carbocycles. The Labute approximate surface area is 87.4 Å². The zero-order chi connectivity index (χ0) is 9.97. The van der Waals surface area contributed by atoms with Crippen LogP contribution in [0.5, 0.6) is 5.88 Å². The van der Waals surface area contributed by atoms with Gasteiger partial charge in [0, 0.05) is 0 Å². The van der Waals surface area contributed by atoms with Crippen LogP contribution in [0.25, 0.3) is 0 Å². The molecule has 3 N–H and O–H groups in total. The third-order valence-corrected chi connectivity index (χ3v) is 2.52. The Balaban J connectivity index is 2.26. The summed E-state index contributed by atoms with van der Waals surface area (Å²) >= 11 is 6.07. The van der Waals surface area contributed by atoms with Crippen LogP contribution in [0.4, 0.5) is 5.95 Å². The van der Waals surface area contributed by atoms with Gasteiger partial charge in [0.15, 0.2) is 3.95 Å². The van der Waals surface area contributed by atoms with Crippen LogP contribution in [0.2, 0.25) is 0 Å². The van der Waals surface area contributed by atoms with Crippen molar-refractivity contribution in [1.82, 2.24) is 20.2 Å². The third-order valence-electron chi connectivity index (χ3n) is 1.36. The number of aromatic hydroxyl groups is 1. The molecule has 0 radical (unpaired) electrons. The summed E-state index contributed by atoms with van der Waals surface area (Å²) in [5, 5.41) is 15.5. The zero-order valence-electron chi connectivity index (χ0n) is 6.76. The Morgan fingerprint density at radius 3 is 3.07 bits per heavy atom. The Bertz CT molecular complexity index is 497. The fraction of sp³-hybridized carbons (Fsp3) is 0. The minimum absolute atomic E-state index is 0.0169. The lowest BCUT2D eigenvalue weighted by molar-refractivity contribution is 0.456. The first kappa shape index (κ1) is 9.03. The van der Waals surface area contributed by atoms with Crippen molar-refractivity contribution < 1.29 is 5.11 Å². The maximum atomic E-state index is 9.31. The van der Waals surface area contributed by atoms with Crippen molar-refractivity contribution in [2.45, 2.75) is 0 Å². The molecular formula is C6H5N5OS2. The van der Waals surface area contributed by atoms with Crippen molar-refractivity contribution >= 4 is 35.7 Å². The van der Waals surface area contributed by atoms with Gasteiger partial charge in [-0.2, -0.15) is 10.1 Å². The minimum atomic E-state index is 0.0169. The number of nitrogens with zero attached hydrogens (tertiary/aromatic N) is 3.